The molecule has 4 rings (SSSR count). The first-order valence-electron chi connectivity index (χ1n) is 9.55. The van der Waals surface area contributed by atoms with Gasteiger partial charge in [0.05, 0.1) is 13.2 Å². The average Bonchev–Trinajstić information content (AvgIpc) is 3.10. The fraction of sp³-hybridized carbons (Fsp3) is 0.750. The third-order valence-electron chi connectivity index (χ3n) is 6.51. The molecular formula is C20H30N2O2. The molecule has 2 aliphatic heterocycles. The number of allylic oxidation sites excluding steroid dienone is 2. The number of likely N-dealkylation sites (tertiary alicyclic amines) is 1. The van der Waals surface area contributed by atoms with Gasteiger partial charge in [-0.05, 0) is 43.9 Å². The maximum Gasteiger partial charge on any atom is 0.226 e. The number of nitrogens with zero attached hydrogens (tertiary/aromatic N) is 2. The molecule has 1 saturated carbocycles. The zero-order valence-corrected chi connectivity index (χ0v) is 14.9. The van der Waals surface area contributed by atoms with Crippen LogP contribution in [0.3, 0.4) is 0 Å². The van der Waals surface area contributed by atoms with Crippen LogP contribution in [0.1, 0.15) is 26.2 Å². The van der Waals surface area contributed by atoms with Crippen molar-refractivity contribution in [1.29, 1.82) is 0 Å². The molecule has 1 amide bonds. The lowest BCUT2D eigenvalue weighted by atomic mass is 9.85. The van der Waals surface area contributed by atoms with Gasteiger partial charge in [-0.25, -0.2) is 0 Å². The summed E-state index contributed by atoms with van der Waals surface area (Å²) in [5.41, 5.74) is 2.93. The van der Waals surface area contributed by atoms with Crippen LogP contribution in [0.5, 0.6) is 0 Å². The lowest BCUT2D eigenvalue weighted by Gasteiger charge is -2.29. The Bertz CT molecular complexity index is 538. The number of hydrogen-bond acceptors (Lipinski definition) is 3. The lowest BCUT2D eigenvalue weighted by Crippen LogP contribution is -2.43. The van der Waals surface area contributed by atoms with Crippen LogP contribution in [-0.2, 0) is 9.53 Å². The Morgan fingerprint density at radius 2 is 2.00 bits per heavy atom. The molecule has 0 bridgehead atoms. The van der Waals surface area contributed by atoms with Crippen LogP contribution in [0.4, 0.5) is 0 Å². The van der Waals surface area contributed by atoms with E-state index < -0.39 is 0 Å². The van der Waals surface area contributed by atoms with Gasteiger partial charge in [0, 0.05) is 38.6 Å². The standard InChI is InChI=1S/C20H30N2O2/c1-14(2)16-5-3-15(4-6-16)11-21-12-17-18(13-21)19(17)20(23)22-7-9-24-10-8-22/h3,16-19H,1,4-13H2,2H3/t16-,17-,18+,19?/m1/s1. The highest BCUT2D eigenvalue weighted by Crippen LogP contribution is 2.52. The number of ether oxygens (including phenoxy) is 1. The topological polar surface area (TPSA) is 32.8 Å². The monoisotopic (exact) mass is 330 g/mol. The van der Waals surface area contributed by atoms with Crippen LogP contribution in [0.2, 0.25) is 0 Å². The molecule has 4 atom stereocenters. The number of amides is 1. The van der Waals surface area contributed by atoms with Gasteiger partial charge in [-0.3, -0.25) is 9.69 Å². The third kappa shape index (κ3) is 3.18. The number of morpholine rings is 1. The Balaban J connectivity index is 1.24. The van der Waals surface area contributed by atoms with Crippen molar-refractivity contribution in [3.05, 3.63) is 23.8 Å². The smallest absolute Gasteiger partial charge is 0.226 e. The SMILES string of the molecule is C=C(C)[C@@H]1CC=C(CN2C[C@@H]3C(C(=O)N4CCOCC4)[C@@H]3C2)CC1. The number of rotatable bonds is 4. The summed E-state index contributed by atoms with van der Waals surface area (Å²) in [7, 11) is 0. The van der Waals surface area contributed by atoms with Crippen LogP contribution >= 0.6 is 0 Å². The van der Waals surface area contributed by atoms with E-state index in [2.05, 4.69) is 24.5 Å². The lowest BCUT2D eigenvalue weighted by molar-refractivity contribution is -0.137. The van der Waals surface area contributed by atoms with Crippen molar-refractivity contribution in [2.75, 3.05) is 45.9 Å². The van der Waals surface area contributed by atoms with E-state index in [1.807, 2.05) is 4.90 Å². The molecule has 4 heteroatoms. The van der Waals surface area contributed by atoms with E-state index in [0.29, 0.717) is 42.8 Å². The first kappa shape index (κ1) is 16.3. The molecule has 132 valence electrons. The summed E-state index contributed by atoms with van der Waals surface area (Å²) in [6.07, 6.45) is 6.10. The quantitative estimate of drug-likeness (QED) is 0.742. The molecule has 4 nitrogen and oxygen atoms in total. The van der Waals surface area contributed by atoms with Crippen LogP contribution in [0.25, 0.3) is 0 Å². The summed E-state index contributed by atoms with van der Waals surface area (Å²) >= 11 is 0. The summed E-state index contributed by atoms with van der Waals surface area (Å²) in [6.45, 7) is 12.6. The molecule has 2 heterocycles. The van der Waals surface area contributed by atoms with Gasteiger partial charge >= 0.3 is 0 Å². The summed E-state index contributed by atoms with van der Waals surface area (Å²) in [6, 6.07) is 0. The normalized spacial score (nSPS) is 36.2. The van der Waals surface area contributed by atoms with Crippen molar-refractivity contribution >= 4 is 5.91 Å². The van der Waals surface area contributed by atoms with Crippen LogP contribution in [-0.4, -0.2) is 61.6 Å². The highest BCUT2D eigenvalue weighted by molar-refractivity contribution is 5.82. The van der Waals surface area contributed by atoms with Crippen molar-refractivity contribution in [1.82, 2.24) is 9.80 Å². The predicted octanol–water partition coefficient (Wildman–Crippen LogP) is 2.33. The summed E-state index contributed by atoms with van der Waals surface area (Å²) in [5.74, 6) is 2.64. The first-order chi connectivity index (χ1) is 11.6. The molecule has 0 aromatic carbocycles. The number of carbonyl (C=O) groups is 1. The highest BCUT2D eigenvalue weighted by Gasteiger charge is 2.60. The first-order valence-corrected chi connectivity index (χ1v) is 9.55. The van der Waals surface area contributed by atoms with Gasteiger partial charge in [0.15, 0.2) is 0 Å². The fourth-order valence-corrected chi connectivity index (χ4v) is 4.87. The maximum atomic E-state index is 12.6. The van der Waals surface area contributed by atoms with E-state index in [1.165, 1.54) is 24.8 Å². The largest absolute Gasteiger partial charge is 0.378 e. The van der Waals surface area contributed by atoms with Crippen molar-refractivity contribution in [3.63, 3.8) is 0 Å². The van der Waals surface area contributed by atoms with E-state index in [1.54, 1.807) is 5.57 Å². The number of piperidine rings is 1. The summed E-state index contributed by atoms with van der Waals surface area (Å²) in [5, 5.41) is 0. The highest BCUT2D eigenvalue weighted by atomic mass is 16.5. The Kier molecular flexibility index (Phi) is 4.52. The molecule has 24 heavy (non-hydrogen) atoms. The molecule has 3 fully saturated rings. The molecule has 0 spiro atoms. The molecule has 1 unspecified atom stereocenters. The van der Waals surface area contributed by atoms with Crippen LogP contribution in [0, 0.1) is 23.7 Å². The number of fused-ring (bicyclic) bond motifs is 1. The van der Waals surface area contributed by atoms with Crippen molar-refractivity contribution in [2.24, 2.45) is 23.7 Å². The van der Waals surface area contributed by atoms with E-state index in [9.17, 15) is 4.79 Å². The zero-order chi connectivity index (χ0) is 16.7. The molecule has 0 radical (unpaired) electrons. The van der Waals surface area contributed by atoms with Gasteiger partial charge in [0.1, 0.15) is 0 Å². The van der Waals surface area contributed by atoms with Gasteiger partial charge in [0.25, 0.3) is 0 Å². The third-order valence-corrected chi connectivity index (χ3v) is 6.51. The van der Waals surface area contributed by atoms with E-state index in [0.717, 1.165) is 32.7 Å². The minimum Gasteiger partial charge on any atom is -0.378 e. The van der Waals surface area contributed by atoms with Gasteiger partial charge in [-0.2, -0.15) is 0 Å². The second-order valence-corrected chi connectivity index (χ2v) is 8.17. The minimum absolute atomic E-state index is 0.312. The van der Waals surface area contributed by atoms with Crippen LogP contribution in [0.15, 0.2) is 23.8 Å². The van der Waals surface area contributed by atoms with Crippen molar-refractivity contribution in [3.8, 4) is 0 Å². The van der Waals surface area contributed by atoms with Gasteiger partial charge < -0.3 is 9.64 Å². The zero-order valence-electron chi connectivity index (χ0n) is 14.9. The second-order valence-electron chi connectivity index (χ2n) is 8.17. The Morgan fingerprint density at radius 1 is 1.29 bits per heavy atom. The molecule has 0 aromatic heterocycles. The summed E-state index contributed by atoms with van der Waals surface area (Å²) in [4.78, 5) is 17.2. The van der Waals surface area contributed by atoms with Crippen LogP contribution < -0.4 is 0 Å². The second kappa shape index (κ2) is 6.64. The number of carbonyl (C=O) groups excluding carboxylic acids is 1. The van der Waals surface area contributed by atoms with E-state index >= 15 is 0 Å². The molecule has 2 aliphatic carbocycles. The van der Waals surface area contributed by atoms with Crippen molar-refractivity contribution < 1.29 is 9.53 Å². The summed E-state index contributed by atoms with van der Waals surface area (Å²) < 4.78 is 5.35. The van der Waals surface area contributed by atoms with Gasteiger partial charge in [0.2, 0.25) is 5.91 Å². The Morgan fingerprint density at radius 3 is 2.58 bits per heavy atom. The van der Waals surface area contributed by atoms with Gasteiger partial charge in [-0.15, -0.1) is 0 Å². The minimum atomic E-state index is 0.312. The van der Waals surface area contributed by atoms with E-state index in [-0.39, 0.29) is 0 Å². The molecule has 0 N–H and O–H groups in total. The maximum absolute atomic E-state index is 12.6. The van der Waals surface area contributed by atoms with Crippen molar-refractivity contribution in [2.45, 2.75) is 26.2 Å². The van der Waals surface area contributed by atoms with E-state index in [4.69, 9.17) is 4.74 Å². The molecule has 4 aliphatic rings. The Labute approximate surface area is 145 Å². The average molecular weight is 330 g/mol. The molecule has 2 saturated heterocycles. The molecule has 0 aromatic rings. The fourth-order valence-electron chi connectivity index (χ4n) is 4.87. The van der Waals surface area contributed by atoms with Gasteiger partial charge in [-0.1, -0.05) is 23.8 Å². The predicted molar refractivity (Wildman–Crippen MR) is 94.5 cm³/mol. The molecular weight excluding hydrogens is 300 g/mol. The Hall–Kier alpha value is -1.13. The number of hydrogen-bond donors (Lipinski definition) is 0.